The fraction of sp³-hybridized carbons (Fsp3) is 0.417. The molecule has 0 bridgehead atoms. The zero-order valence-electron chi connectivity index (χ0n) is 9.11. The average Bonchev–Trinajstić information content (AvgIpc) is 2.77. The Morgan fingerprint density at radius 1 is 1.56 bits per heavy atom. The summed E-state index contributed by atoms with van der Waals surface area (Å²) in [7, 11) is 1.75. The fourth-order valence-corrected chi connectivity index (χ4v) is 2.60. The number of ether oxygens (including phenoxy) is 1. The second kappa shape index (κ2) is 4.86. The van der Waals surface area contributed by atoms with Gasteiger partial charge in [0.05, 0.1) is 23.4 Å². The van der Waals surface area contributed by atoms with Gasteiger partial charge in [-0.25, -0.2) is 0 Å². The Balaban J connectivity index is 2.19. The van der Waals surface area contributed by atoms with E-state index < -0.39 is 0 Å². The number of nitriles is 1. The summed E-state index contributed by atoms with van der Waals surface area (Å²) in [5.41, 5.74) is 1.82. The normalized spacial score (nSPS) is 19.8. The maximum Gasteiger partial charge on any atom is 0.0992 e. The highest BCUT2D eigenvalue weighted by molar-refractivity contribution is 9.10. The van der Waals surface area contributed by atoms with Gasteiger partial charge in [-0.3, -0.25) is 0 Å². The minimum atomic E-state index is 0.322. The Hall–Kier alpha value is -1.05. The summed E-state index contributed by atoms with van der Waals surface area (Å²) in [4.78, 5) is 2.28. The topological polar surface area (TPSA) is 36.3 Å². The van der Waals surface area contributed by atoms with Crippen LogP contribution >= 0.6 is 15.9 Å². The quantitative estimate of drug-likeness (QED) is 0.835. The standard InChI is InChI=1S/C12H13BrN2O/c1-16-10-4-5-15(8-10)12-3-2-9(7-14)6-11(12)13/h2-3,6,10H,4-5,8H2,1H3. The molecule has 0 spiro atoms. The van der Waals surface area contributed by atoms with E-state index in [1.165, 1.54) is 0 Å². The fourth-order valence-electron chi connectivity index (χ4n) is 1.97. The highest BCUT2D eigenvalue weighted by atomic mass is 79.9. The average molecular weight is 281 g/mol. The summed E-state index contributed by atoms with van der Waals surface area (Å²) in [5.74, 6) is 0. The molecule has 0 amide bonds. The van der Waals surface area contributed by atoms with E-state index >= 15 is 0 Å². The molecule has 1 heterocycles. The number of halogens is 1. The predicted octanol–water partition coefficient (Wildman–Crippen LogP) is 2.55. The maximum absolute atomic E-state index is 8.79. The van der Waals surface area contributed by atoms with Crippen molar-refractivity contribution < 1.29 is 4.74 Å². The SMILES string of the molecule is COC1CCN(c2ccc(C#N)cc2Br)C1. The summed E-state index contributed by atoms with van der Waals surface area (Å²) >= 11 is 3.51. The number of rotatable bonds is 2. The van der Waals surface area contributed by atoms with Crippen molar-refractivity contribution in [3.63, 3.8) is 0 Å². The molecule has 0 radical (unpaired) electrons. The van der Waals surface area contributed by atoms with Crippen LogP contribution in [0.3, 0.4) is 0 Å². The van der Waals surface area contributed by atoms with Gasteiger partial charge in [0, 0.05) is 24.7 Å². The number of benzene rings is 1. The molecule has 1 fully saturated rings. The molecule has 1 aromatic rings. The van der Waals surface area contributed by atoms with E-state index in [2.05, 4.69) is 26.9 Å². The zero-order valence-corrected chi connectivity index (χ0v) is 10.7. The molecule has 0 saturated carbocycles. The van der Waals surface area contributed by atoms with Crippen molar-refractivity contribution in [1.82, 2.24) is 0 Å². The molecular formula is C12H13BrN2O. The van der Waals surface area contributed by atoms with Gasteiger partial charge < -0.3 is 9.64 Å². The number of hydrogen-bond acceptors (Lipinski definition) is 3. The summed E-state index contributed by atoms with van der Waals surface area (Å²) in [6.45, 7) is 1.92. The number of nitrogens with zero attached hydrogens (tertiary/aromatic N) is 2. The molecule has 16 heavy (non-hydrogen) atoms. The molecule has 0 N–H and O–H groups in total. The van der Waals surface area contributed by atoms with Gasteiger partial charge >= 0.3 is 0 Å². The van der Waals surface area contributed by atoms with Gasteiger partial charge in [-0.1, -0.05) is 0 Å². The Morgan fingerprint density at radius 2 is 2.38 bits per heavy atom. The lowest BCUT2D eigenvalue weighted by Gasteiger charge is -2.19. The van der Waals surface area contributed by atoms with E-state index in [1.54, 1.807) is 7.11 Å². The largest absolute Gasteiger partial charge is 0.380 e. The predicted molar refractivity (Wildman–Crippen MR) is 66.5 cm³/mol. The number of hydrogen-bond donors (Lipinski definition) is 0. The van der Waals surface area contributed by atoms with Crippen LogP contribution in [0.25, 0.3) is 0 Å². The smallest absolute Gasteiger partial charge is 0.0992 e. The Morgan fingerprint density at radius 3 is 2.94 bits per heavy atom. The highest BCUT2D eigenvalue weighted by Gasteiger charge is 2.23. The molecule has 2 rings (SSSR count). The molecule has 1 aliphatic heterocycles. The maximum atomic E-state index is 8.79. The van der Waals surface area contributed by atoms with Crippen LogP contribution in [0.1, 0.15) is 12.0 Å². The van der Waals surface area contributed by atoms with Gasteiger partial charge in [0.2, 0.25) is 0 Å². The van der Waals surface area contributed by atoms with Crippen LogP contribution in [-0.2, 0) is 4.74 Å². The third-order valence-corrected chi connectivity index (χ3v) is 3.53. The van der Waals surface area contributed by atoms with Crippen molar-refractivity contribution in [2.45, 2.75) is 12.5 Å². The lowest BCUT2D eigenvalue weighted by Crippen LogP contribution is -2.22. The van der Waals surface area contributed by atoms with E-state index in [0.29, 0.717) is 11.7 Å². The second-order valence-electron chi connectivity index (χ2n) is 3.87. The first-order chi connectivity index (χ1) is 7.74. The molecule has 84 valence electrons. The van der Waals surface area contributed by atoms with Crippen LogP contribution in [0.15, 0.2) is 22.7 Å². The van der Waals surface area contributed by atoms with Crippen LogP contribution in [0, 0.1) is 11.3 Å². The third kappa shape index (κ3) is 2.21. The van der Waals surface area contributed by atoms with Gasteiger partial charge in [0.25, 0.3) is 0 Å². The van der Waals surface area contributed by atoms with Crippen molar-refractivity contribution in [3.8, 4) is 6.07 Å². The van der Waals surface area contributed by atoms with E-state index in [0.717, 1.165) is 29.7 Å². The Kier molecular flexibility index (Phi) is 3.47. The van der Waals surface area contributed by atoms with Gasteiger partial charge in [-0.05, 0) is 40.5 Å². The first kappa shape index (κ1) is 11.4. The molecule has 0 aromatic heterocycles. The molecule has 3 nitrogen and oxygen atoms in total. The molecule has 1 atom stereocenters. The highest BCUT2D eigenvalue weighted by Crippen LogP contribution is 2.30. The summed E-state index contributed by atoms with van der Waals surface area (Å²) in [6.07, 6.45) is 1.38. The van der Waals surface area contributed by atoms with Crippen molar-refractivity contribution in [1.29, 1.82) is 5.26 Å². The van der Waals surface area contributed by atoms with Crippen LogP contribution in [0.4, 0.5) is 5.69 Å². The summed E-state index contributed by atoms with van der Waals surface area (Å²) in [6, 6.07) is 7.82. The van der Waals surface area contributed by atoms with E-state index in [4.69, 9.17) is 10.00 Å². The van der Waals surface area contributed by atoms with E-state index in [9.17, 15) is 0 Å². The van der Waals surface area contributed by atoms with Crippen molar-refractivity contribution >= 4 is 21.6 Å². The Bertz CT molecular complexity index is 428. The zero-order chi connectivity index (χ0) is 11.5. The lowest BCUT2D eigenvalue weighted by atomic mass is 10.2. The third-order valence-electron chi connectivity index (χ3n) is 2.90. The molecule has 1 aromatic carbocycles. The van der Waals surface area contributed by atoms with E-state index in [-0.39, 0.29) is 0 Å². The first-order valence-corrected chi connectivity index (χ1v) is 6.01. The van der Waals surface area contributed by atoms with Crippen LogP contribution < -0.4 is 4.90 Å². The first-order valence-electron chi connectivity index (χ1n) is 5.22. The molecular weight excluding hydrogens is 268 g/mol. The van der Waals surface area contributed by atoms with Crippen molar-refractivity contribution in [3.05, 3.63) is 28.2 Å². The molecule has 1 saturated heterocycles. The van der Waals surface area contributed by atoms with Gasteiger partial charge in [0.1, 0.15) is 0 Å². The molecule has 1 aliphatic rings. The minimum absolute atomic E-state index is 0.322. The summed E-state index contributed by atoms with van der Waals surface area (Å²) in [5, 5.41) is 8.79. The van der Waals surface area contributed by atoms with Crippen molar-refractivity contribution in [2.24, 2.45) is 0 Å². The minimum Gasteiger partial charge on any atom is -0.380 e. The van der Waals surface area contributed by atoms with Gasteiger partial charge in [0.15, 0.2) is 0 Å². The monoisotopic (exact) mass is 280 g/mol. The molecule has 4 heteroatoms. The van der Waals surface area contributed by atoms with E-state index in [1.807, 2.05) is 18.2 Å². The van der Waals surface area contributed by atoms with Crippen LogP contribution in [0.2, 0.25) is 0 Å². The van der Waals surface area contributed by atoms with Crippen LogP contribution in [0.5, 0.6) is 0 Å². The molecule has 1 unspecified atom stereocenters. The van der Waals surface area contributed by atoms with Gasteiger partial charge in [-0.2, -0.15) is 5.26 Å². The second-order valence-corrected chi connectivity index (χ2v) is 4.72. The molecule has 0 aliphatic carbocycles. The van der Waals surface area contributed by atoms with Gasteiger partial charge in [-0.15, -0.1) is 0 Å². The summed E-state index contributed by atoms with van der Waals surface area (Å²) < 4.78 is 6.31. The van der Waals surface area contributed by atoms with Crippen molar-refractivity contribution in [2.75, 3.05) is 25.1 Å². The number of anilines is 1. The number of methoxy groups -OCH3 is 1. The lowest BCUT2D eigenvalue weighted by molar-refractivity contribution is 0.121. The van der Waals surface area contributed by atoms with Crippen LogP contribution in [-0.4, -0.2) is 26.3 Å². The Labute approximate surface area is 104 Å².